The van der Waals surface area contributed by atoms with E-state index in [-0.39, 0.29) is 0 Å². The number of rotatable bonds is 4. The smallest absolute Gasteiger partial charge is 0.0462 e. The fourth-order valence-electron chi connectivity index (χ4n) is 1.89. The molecular weight excluding hydrogens is 184 g/mol. The van der Waals surface area contributed by atoms with E-state index in [0.717, 1.165) is 12.8 Å². The Morgan fingerprint density at radius 3 is 2.20 bits per heavy atom. The molecule has 0 saturated heterocycles. The van der Waals surface area contributed by atoms with Crippen molar-refractivity contribution in [1.29, 1.82) is 0 Å². The summed E-state index contributed by atoms with van der Waals surface area (Å²) in [6.45, 7) is 8.89. The van der Waals surface area contributed by atoms with E-state index in [0.29, 0.717) is 12.5 Å². The summed E-state index contributed by atoms with van der Waals surface area (Å²) in [5.74, 6) is 0.408. The maximum absolute atomic E-state index is 9.20. The van der Waals surface area contributed by atoms with Crippen molar-refractivity contribution >= 4 is 0 Å². The largest absolute Gasteiger partial charge is 0.396 e. The topological polar surface area (TPSA) is 20.2 Å². The van der Waals surface area contributed by atoms with E-state index >= 15 is 0 Å². The van der Waals surface area contributed by atoms with Crippen LogP contribution in [-0.4, -0.2) is 11.7 Å². The highest BCUT2D eigenvalue weighted by Gasteiger charge is 2.09. The molecule has 1 atom stereocenters. The van der Waals surface area contributed by atoms with Crippen molar-refractivity contribution in [2.45, 2.75) is 40.5 Å². The second-order valence-corrected chi connectivity index (χ2v) is 4.52. The van der Waals surface area contributed by atoms with Gasteiger partial charge in [0.05, 0.1) is 0 Å². The van der Waals surface area contributed by atoms with E-state index in [1.807, 2.05) is 0 Å². The summed E-state index contributed by atoms with van der Waals surface area (Å²) in [5, 5.41) is 9.20. The zero-order valence-electron chi connectivity index (χ0n) is 10.3. The lowest BCUT2D eigenvalue weighted by Gasteiger charge is -2.15. The molecule has 15 heavy (non-hydrogen) atoms. The van der Waals surface area contributed by atoms with Crippen LogP contribution in [0.25, 0.3) is 0 Å². The van der Waals surface area contributed by atoms with Crippen molar-refractivity contribution in [3.05, 3.63) is 34.4 Å². The molecule has 0 heterocycles. The van der Waals surface area contributed by atoms with Crippen LogP contribution in [0.15, 0.2) is 12.1 Å². The molecule has 84 valence electrons. The fraction of sp³-hybridized carbons (Fsp3) is 0.571. The van der Waals surface area contributed by atoms with Crippen LogP contribution in [-0.2, 0) is 6.42 Å². The minimum absolute atomic E-state index is 0.295. The summed E-state index contributed by atoms with van der Waals surface area (Å²) in [6.07, 6.45) is 2.04. The van der Waals surface area contributed by atoms with Crippen molar-refractivity contribution in [2.75, 3.05) is 6.61 Å². The van der Waals surface area contributed by atoms with Crippen LogP contribution in [0, 0.1) is 26.7 Å². The first-order chi connectivity index (χ1) is 7.08. The first kappa shape index (κ1) is 12.3. The molecule has 0 spiro atoms. The summed E-state index contributed by atoms with van der Waals surface area (Å²) >= 11 is 0. The molecule has 0 aliphatic rings. The van der Waals surface area contributed by atoms with Crippen LogP contribution >= 0.6 is 0 Å². The molecule has 0 aliphatic heterocycles. The summed E-state index contributed by atoms with van der Waals surface area (Å²) < 4.78 is 0. The van der Waals surface area contributed by atoms with Gasteiger partial charge in [-0.1, -0.05) is 25.5 Å². The quantitative estimate of drug-likeness (QED) is 0.802. The molecule has 1 nitrogen and oxygen atoms in total. The molecule has 1 aromatic carbocycles. The second kappa shape index (κ2) is 5.32. The molecule has 1 aromatic rings. The Hall–Kier alpha value is -0.820. The highest BCUT2D eigenvalue weighted by molar-refractivity contribution is 5.36. The number of aliphatic hydroxyl groups is 1. The molecule has 1 heteroatoms. The van der Waals surface area contributed by atoms with Gasteiger partial charge in [-0.25, -0.2) is 0 Å². The number of benzene rings is 1. The third-order valence-electron chi connectivity index (χ3n) is 3.30. The Morgan fingerprint density at radius 1 is 1.07 bits per heavy atom. The van der Waals surface area contributed by atoms with E-state index in [1.54, 1.807) is 0 Å². The van der Waals surface area contributed by atoms with Crippen LogP contribution in [0.1, 0.15) is 35.6 Å². The average molecular weight is 206 g/mol. The summed E-state index contributed by atoms with van der Waals surface area (Å²) in [5.41, 5.74) is 5.45. The van der Waals surface area contributed by atoms with Gasteiger partial charge in [0.2, 0.25) is 0 Å². The Labute approximate surface area is 93.1 Å². The summed E-state index contributed by atoms with van der Waals surface area (Å²) in [4.78, 5) is 0. The standard InChI is InChI=1S/C14H22O/c1-5-13(9-15)8-14-7-11(3)10(2)6-12(14)4/h6-7,13,15H,5,8-9H2,1-4H3. The van der Waals surface area contributed by atoms with Gasteiger partial charge in [0.1, 0.15) is 0 Å². The Bertz CT molecular complexity index is 324. The fourth-order valence-corrected chi connectivity index (χ4v) is 1.89. The zero-order valence-corrected chi connectivity index (χ0v) is 10.3. The van der Waals surface area contributed by atoms with E-state index in [9.17, 15) is 5.11 Å². The van der Waals surface area contributed by atoms with Crippen molar-refractivity contribution in [1.82, 2.24) is 0 Å². The first-order valence-electron chi connectivity index (χ1n) is 5.76. The minimum atomic E-state index is 0.295. The maximum atomic E-state index is 9.20. The molecule has 0 aliphatic carbocycles. The minimum Gasteiger partial charge on any atom is -0.396 e. The summed E-state index contributed by atoms with van der Waals surface area (Å²) in [7, 11) is 0. The van der Waals surface area contributed by atoms with Crippen LogP contribution in [0.3, 0.4) is 0 Å². The molecule has 1 unspecified atom stereocenters. The molecule has 0 radical (unpaired) electrons. The summed E-state index contributed by atoms with van der Waals surface area (Å²) in [6, 6.07) is 4.51. The lowest BCUT2D eigenvalue weighted by molar-refractivity contribution is 0.222. The number of hydrogen-bond acceptors (Lipinski definition) is 1. The lowest BCUT2D eigenvalue weighted by Crippen LogP contribution is -2.09. The monoisotopic (exact) mass is 206 g/mol. The van der Waals surface area contributed by atoms with Crippen molar-refractivity contribution < 1.29 is 5.11 Å². The molecule has 0 fully saturated rings. The van der Waals surface area contributed by atoms with Crippen LogP contribution in [0.4, 0.5) is 0 Å². The molecule has 0 amide bonds. The highest BCUT2D eigenvalue weighted by atomic mass is 16.3. The van der Waals surface area contributed by atoms with Gasteiger partial charge in [-0.3, -0.25) is 0 Å². The third-order valence-corrected chi connectivity index (χ3v) is 3.30. The second-order valence-electron chi connectivity index (χ2n) is 4.52. The number of aryl methyl sites for hydroxylation is 3. The van der Waals surface area contributed by atoms with Crippen molar-refractivity contribution in [3.63, 3.8) is 0 Å². The van der Waals surface area contributed by atoms with E-state index in [4.69, 9.17) is 0 Å². The Kier molecular flexibility index (Phi) is 4.34. The molecular formula is C14H22O. The van der Waals surface area contributed by atoms with Crippen molar-refractivity contribution in [3.8, 4) is 0 Å². The molecule has 1 N–H and O–H groups in total. The van der Waals surface area contributed by atoms with Gasteiger partial charge < -0.3 is 5.11 Å². The zero-order chi connectivity index (χ0) is 11.4. The molecule has 0 aromatic heterocycles. The Balaban J connectivity index is 2.89. The van der Waals surface area contributed by atoms with Crippen LogP contribution in [0.5, 0.6) is 0 Å². The normalized spacial score (nSPS) is 12.9. The van der Waals surface area contributed by atoms with Crippen LogP contribution in [0.2, 0.25) is 0 Å². The van der Waals surface area contributed by atoms with Gasteiger partial charge in [0, 0.05) is 6.61 Å². The van der Waals surface area contributed by atoms with Gasteiger partial charge in [-0.15, -0.1) is 0 Å². The van der Waals surface area contributed by atoms with Gasteiger partial charge in [-0.2, -0.15) is 0 Å². The van der Waals surface area contributed by atoms with E-state index in [2.05, 4.69) is 39.8 Å². The van der Waals surface area contributed by atoms with Gasteiger partial charge >= 0.3 is 0 Å². The lowest BCUT2D eigenvalue weighted by atomic mass is 9.92. The number of hydrogen-bond donors (Lipinski definition) is 1. The number of aliphatic hydroxyl groups excluding tert-OH is 1. The molecule has 0 bridgehead atoms. The Morgan fingerprint density at radius 2 is 1.67 bits per heavy atom. The SMILES string of the molecule is CCC(CO)Cc1cc(C)c(C)cc1C. The van der Waals surface area contributed by atoms with Crippen LogP contribution < -0.4 is 0 Å². The van der Waals surface area contributed by atoms with E-state index in [1.165, 1.54) is 22.3 Å². The predicted molar refractivity (Wildman–Crippen MR) is 65.2 cm³/mol. The van der Waals surface area contributed by atoms with E-state index < -0.39 is 0 Å². The van der Waals surface area contributed by atoms with Gasteiger partial charge in [0.25, 0.3) is 0 Å². The molecule has 1 rings (SSSR count). The van der Waals surface area contributed by atoms with Crippen molar-refractivity contribution in [2.24, 2.45) is 5.92 Å². The highest BCUT2D eigenvalue weighted by Crippen LogP contribution is 2.19. The predicted octanol–water partition coefficient (Wildman–Crippen LogP) is 3.17. The average Bonchev–Trinajstić information content (AvgIpc) is 2.21. The third kappa shape index (κ3) is 3.07. The molecule has 0 saturated carbocycles. The first-order valence-corrected chi connectivity index (χ1v) is 5.76. The van der Waals surface area contributed by atoms with Gasteiger partial charge in [0.15, 0.2) is 0 Å². The maximum Gasteiger partial charge on any atom is 0.0462 e. The van der Waals surface area contributed by atoms with Gasteiger partial charge in [-0.05, 0) is 55.4 Å².